The molecule has 0 fully saturated rings. The number of H-pyrrole nitrogens is 1. The van der Waals surface area contributed by atoms with E-state index in [2.05, 4.69) is 53.2 Å². The van der Waals surface area contributed by atoms with Crippen LogP contribution in [0.4, 0.5) is 0 Å². The number of rotatable bonds is 9. The molecule has 0 saturated carbocycles. The van der Waals surface area contributed by atoms with Crippen molar-refractivity contribution in [2.45, 2.75) is 52.0 Å². The number of aromatic nitrogens is 8. The standard InChI is InChI=1S/C22H23BrN8O3/c1-2-3-4-12-30-19-17(25-21(23)26-19)20(33)31-15(27-28-22(30)31)6-5-7-16-24-18(29-34-16)13-8-10-14(32)11-9-13/h8-11,32H,2-7,12H2,1H3,(H,25,26). The van der Waals surface area contributed by atoms with Crippen molar-refractivity contribution in [2.24, 2.45) is 0 Å². The number of imidazole rings is 1. The Kier molecular flexibility index (Phi) is 6.14. The number of aryl methyl sites for hydroxylation is 3. The Balaban J connectivity index is 1.37. The van der Waals surface area contributed by atoms with Crippen LogP contribution in [0.5, 0.6) is 5.75 Å². The molecular formula is C22H23BrN8O3. The van der Waals surface area contributed by atoms with Crippen molar-refractivity contribution in [1.29, 1.82) is 0 Å². The minimum Gasteiger partial charge on any atom is -0.508 e. The highest BCUT2D eigenvalue weighted by Crippen LogP contribution is 2.20. The van der Waals surface area contributed by atoms with Crippen LogP contribution < -0.4 is 5.56 Å². The summed E-state index contributed by atoms with van der Waals surface area (Å²) in [6.07, 6.45) is 4.82. The van der Waals surface area contributed by atoms with E-state index in [1.54, 1.807) is 28.7 Å². The summed E-state index contributed by atoms with van der Waals surface area (Å²) in [5, 5.41) is 22.1. The van der Waals surface area contributed by atoms with Crippen LogP contribution in [0.1, 0.15) is 44.3 Å². The molecule has 0 radical (unpaired) electrons. The Morgan fingerprint density at radius 2 is 1.91 bits per heavy atom. The average Bonchev–Trinajstić information content (AvgIpc) is 3.56. The number of halogens is 1. The molecule has 5 rings (SSSR count). The van der Waals surface area contributed by atoms with E-state index in [4.69, 9.17) is 4.52 Å². The lowest BCUT2D eigenvalue weighted by Crippen LogP contribution is -2.21. The average molecular weight is 527 g/mol. The largest absolute Gasteiger partial charge is 0.508 e. The molecule has 176 valence electrons. The third kappa shape index (κ3) is 4.20. The van der Waals surface area contributed by atoms with Gasteiger partial charge in [-0.1, -0.05) is 24.9 Å². The molecule has 0 unspecified atom stereocenters. The molecule has 1 aromatic carbocycles. The highest BCUT2D eigenvalue weighted by atomic mass is 79.9. The Morgan fingerprint density at radius 1 is 1.09 bits per heavy atom. The van der Waals surface area contributed by atoms with E-state index in [1.807, 2.05) is 4.57 Å². The fraction of sp³-hybridized carbons (Fsp3) is 0.364. The number of hydrogen-bond acceptors (Lipinski definition) is 8. The molecule has 11 nitrogen and oxygen atoms in total. The normalized spacial score (nSPS) is 11.7. The van der Waals surface area contributed by atoms with Gasteiger partial charge in [-0.25, -0.2) is 9.38 Å². The minimum atomic E-state index is -0.220. The maximum atomic E-state index is 13.2. The van der Waals surface area contributed by atoms with Crippen molar-refractivity contribution in [2.75, 3.05) is 0 Å². The molecular weight excluding hydrogens is 504 g/mol. The maximum absolute atomic E-state index is 13.2. The number of fused-ring (bicyclic) bond motifs is 2. The van der Waals surface area contributed by atoms with Crippen LogP contribution in [0.3, 0.4) is 0 Å². The smallest absolute Gasteiger partial charge is 0.286 e. The molecule has 0 aliphatic heterocycles. The molecule has 4 heterocycles. The van der Waals surface area contributed by atoms with Gasteiger partial charge in [0.1, 0.15) is 11.6 Å². The highest BCUT2D eigenvalue weighted by molar-refractivity contribution is 9.10. The van der Waals surface area contributed by atoms with E-state index in [0.717, 1.165) is 24.8 Å². The van der Waals surface area contributed by atoms with Crippen LogP contribution in [0.15, 0.2) is 38.3 Å². The third-order valence-corrected chi connectivity index (χ3v) is 6.03. The molecule has 12 heteroatoms. The number of aromatic hydroxyl groups is 1. The SMILES string of the molecule is CCCCCn1c2nc(Br)[nH]c2c(=O)n2c(CCCc3nc(-c4ccc(O)cc4)no3)nnc12. The second-order valence-electron chi connectivity index (χ2n) is 8.05. The number of nitrogens with zero attached hydrogens (tertiary/aromatic N) is 7. The molecule has 5 aromatic rings. The van der Waals surface area contributed by atoms with Crippen molar-refractivity contribution >= 4 is 32.9 Å². The van der Waals surface area contributed by atoms with Gasteiger partial charge in [0.05, 0.1) is 0 Å². The number of aromatic amines is 1. The molecule has 34 heavy (non-hydrogen) atoms. The van der Waals surface area contributed by atoms with Crippen LogP contribution in [-0.2, 0) is 19.4 Å². The molecule has 0 amide bonds. The van der Waals surface area contributed by atoms with Crippen molar-refractivity contribution in [3.05, 3.63) is 51.1 Å². The van der Waals surface area contributed by atoms with Crippen LogP contribution in [-0.4, -0.2) is 44.4 Å². The lowest BCUT2D eigenvalue weighted by atomic mass is 10.2. The summed E-state index contributed by atoms with van der Waals surface area (Å²) >= 11 is 3.34. The number of unbranched alkanes of at least 4 members (excludes halogenated alkanes) is 2. The van der Waals surface area contributed by atoms with Crippen LogP contribution in [0, 0.1) is 0 Å². The lowest BCUT2D eigenvalue weighted by Gasteiger charge is -2.09. The molecule has 0 aliphatic rings. The summed E-state index contributed by atoms with van der Waals surface area (Å²) in [6, 6.07) is 6.61. The number of phenols is 1. The number of nitrogens with one attached hydrogen (secondary N) is 1. The second kappa shape index (κ2) is 9.37. The Morgan fingerprint density at radius 3 is 2.71 bits per heavy atom. The maximum Gasteiger partial charge on any atom is 0.286 e. The van der Waals surface area contributed by atoms with E-state index < -0.39 is 0 Å². The first-order valence-electron chi connectivity index (χ1n) is 11.2. The van der Waals surface area contributed by atoms with E-state index in [9.17, 15) is 9.90 Å². The summed E-state index contributed by atoms with van der Waals surface area (Å²) in [5.74, 6) is 2.21. The van der Waals surface area contributed by atoms with Crippen LogP contribution in [0.2, 0.25) is 0 Å². The molecule has 0 saturated heterocycles. The van der Waals surface area contributed by atoms with Crippen molar-refractivity contribution < 1.29 is 9.63 Å². The van der Waals surface area contributed by atoms with Gasteiger partial charge in [-0.15, -0.1) is 10.2 Å². The van der Waals surface area contributed by atoms with Crippen LogP contribution >= 0.6 is 15.9 Å². The van der Waals surface area contributed by atoms with Crippen molar-refractivity contribution in [3.63, 3.8) is 0 Å². The van der Waals surface area contributed by atoms with E-state index in [0.29, 0.717) is 65.0 Å². The van der Waals surface area contributed by atoms with Gasteiger partial charge >= 0.3 is 0 Å². The zero-order valence-corrected chi connectivity index (χ0v) is 20.1. The predicted octanol–water partition coefficient (Wildman–Crippen LogP) is 3.65. The van der Waals surface area contributed by atoms with E-state index in [1.165, 1.54) is 0 Å². The summed E-state index contributed by atoms with van der Waals surface area (Å²) in [4.78, 5) is 25.1. The van der Waals surface area contributed by atoms with E-state index in [-0.39, 0.29) is 11.3 Å². The van der Waals surface area contributed by atoms with Gasteiger partial charge < -0.3 is 14.6 Å². The fourth-order valence-electron chi connectivity index (χ4n) is 3.95. The van der Waals surface area contributed by atoms with Gasteiger partial charge in [0.2, 0.25) is 17.5 Å². The first-order chi connectivity index (χ1) is 16.5. The number of benzene rings is 1. The Bertz CT molecular complexity index is 1500. The zero-order chi connectivity index (χ0) is 23.7. The minimum absolute atomic E-state index is 0.178. The van der Waals surface area contributed by atoms with Gasteiger partial charge in [-0.3, -0.25) is 9.36 Å². The molecule has 0 bridgehead atoms. The Hall–Kier alpha value is -3.54. The van der Waals surface area contributed by atoms with Gasteiger partial charge in [0.15, 0.2) is 15.9 Å². The van der Waals surface area contributed by atoms with Gasteiger partial charge in [0, 0.05) is 24.9 Å². The van der Waals surface area contributed by atoms with Crippen molar-refractivity contribution in [1.82, 2.24) is 39.3 Å². The summed E-state index contributed by atoms with van der Waals surface area (Å²) in [6.45, 7) is 2.85. The first-order valence-corrected chi connectivity index (χ1v) is 12.0. The van der Waals surface area contributed by atoms with Gasteiger partial charge in [-0.2, -0.15) is 4.98 Å². The highest BCUT2D eigenvalue weighted by Gasteiger charge is 2.19. The first kappa shape index (κ1) is 22.3. The van der Waals surface area contributed by atoms with Gasteiger partial charge in [-0.05, 0) is 53.0 Å². The van der Waals surface area contributed by atoms with E-state index >= 15 is 0 Å². The number of phenolic OH excluding ortho intramolecular Hbond substituents is 1. The topological polar surface area (TPSA) is 140 Å². The van der Waals surface area contributed by atoms with Crippen molar-refractivity contribution in [3.8, 4) is 17.1 Å². The third-order valence-electron chi connectivity index (χ3n) is 5.65. The number of hydrogen-bond donors (Lipinski definition) is 2. The fourth-order valence-corrected chi connectivity index (χ4v) is 4.31. The molecule has 2 N–H and O–H groups in total. The second-order valence-corrected chi connectivity index (χ2v) is 8.81. The lowest BCUT2D eigenvalue weighted by molar-refractivity contribution is 0.375. The summed E-state index contributed by atoms with van der Waals surface area (Å²) in [7, 11) is 0. The van der Waals surface area contributed by atoms with Crippen LogP contribution in [0.25, 0.3) is 28.3 Å². The predicted molar refractivity (Wildman–Crippen MR) is 128 cm³/mol. The molecule has 4 aromatic heterocycles. The molecule has 0 atom stereocenters. The summed E-state index contributed by atoms with van der Waals surface area (Å²) < 4.78 is 9.39. The monoisotopic (exact) mass is 526 g/mol. The molecule has 0 aliphatic carbocycles. The quantitative estimate of drug-likeness (QED) is 0.219. The molecule has 0 spiro atoms. The van der Waals surface area contributed by atoms with Gasteiger partial charge in [0.25, 0.3) is 5.56 Å². The Labute approximate surface area is 202 Å². The summed E-state index contributed by atoms with van der Waals surface area (Å²) in [5.41, 5.74) is 1.54. The zero-order valence-electron chi connectivity index (χ0n) is 18.5.